The Morgan fingerprint density at radius 3 is 2.30 bits per heavy atom. The molecule has 0 saturated heterocycles. The Bertz CT molecular complexity index is 539. The fourth-order valence-electron chi connectivity index (χ4n) is 1.80. The van der Waals surface area contributed by atoms with Crippen LogP contribution in [0, 0.1) is 5.92 Å². The molecule has 0 heterocycles. The van der Waals surface area contributed by atoms with Crippen LogP contribution in [0.15, 0.2) is 42.1 Å². The molecule has 0 aliphatic carbocycles. The average molecular weight is 321 g/mol. The fraction of sp³-hybridized carbons (Fsp3) is 0.412. The van der Waals surface area contributed by atoms with Crippen LogP contribution in [-0.2, 0) is 25.6 Å². The second kappa shape index (κ2) is 9.63. The Morgan fingerprint density at radius 2 is 1.78 bits per heavy atom. The van der Waals surface area contributed by atoms with Crippen molar-refractivity contribution in [2.45, 2.75) is 26.6 Å². The molecule has 0 aliphatic heterocycles. The standard InChI is InChI=1S/C17H23NO5/c1-12(2)15(23-11-13-8-6-5-7-9-13)10-14(16(19)21-3)18-17(20)22-4/h5-10,12,15H,11H2,1-4H3,(H,18,20)/b14-10+/t15-/m0/s1. The lowest BCUT2D eigenvalue weighted by molar-refractivity contribution is -0.136. The van der Waals surface area contributed by atoms with Crippen molar-refractivity contribution in [3.63, 3.8) is 0 Å². The van der Waals surface area contributed by atoms with Crippen molar-refractivity contribution in [3.05, 3.63) is 47.7 Å². The van der Waals surface area contributed by atoms with Gasteiger partial charge in [-0.15, -0.1) is 0 Å². The van der Waals surface area contributed by atoms with Crippen LogP contribution in [0.25, 0.3) is 0 Å². The molecule has 1 N–H and O–H groups in total. The summed E-state index contributed by atoms with van der Waals surface area (Å²) in [5.41, 5.74) is 1.01. The third-order valence-corrected chi connectivity index (χ3v) is 3.10. The Balaban J connectivity index is 2.86. The van der Waals surface area contributed by atoms with Gasteiger partial charge in [0.25, 0.3) is 0 Å². The molecular formula is C17H23NO5. The lowest BCUT2D eigenvalue weighted by atomic mass is 10.1. The van der Waals surface area contributed by atoms with E-state index in [9.17, 15) is 9.59 Å². The summed E-state index contributed by atoms with van der Waals surface area (Å²) >= 11 is 0. The van der Waals surface area contributed by atoms with E-state index in [2.05, 4.69) is 14.8 Å². The van der Waals surface area contributed by atoms with Gasteiger partial charge in [-0.1, -0.05) is 44.2 Å². The van der Waals surface area contributed by atoms with Gasteiger partial charge in [-0.05, 0) is 17.6 Å². The SMILES string of the molecule is COC(=O)N/C(=C/[C@H](OCc1ccccc1)C(C)C)C(=O)OC. The van der Waals surface area contributed by atoms with Crippen LogP contribution in [0.5, 0.6) is 0 Å². The zero-order chi connectivity index (χ0) is 17.2. The minimum Gasteiger partial charge on any atom is -0.464 e. The van der Waals surface area contributed by atoms with Gasteiger partial charge in [-0.2, -0.15) is 0 Å². The first kappa shape index (κ1) is 18.7. The molecule has 0 aliphatic rings. The molecule has 6 heteroatoms. The molecule has 23 heavy (non-hydrogen) atoms. The highest BCUT2D eigenvalue weighted by molar-refractivity contribution is 5.92. The zero-order valence-corrected chi connectivity index (χ0v) is 13.9. The quantitative estimate of drug-likeness (QED) is 0.617. The highest BCUT2D eigenvalue weighted by Gasteiger charge is 2.19. The first-order valence-corrected chi connectivity index (χ1v) is 7.28. The number of benzene rings is 1. The Labute approximate surface area is 136 Å². The second-order valence-corrected chi connectivity index (χ2v) is 5.19. The summed E-state index contributed by atoms with van der Waals surface area (Å²) in [4.78, 5) is 23.1. The second-order valence-electron chi connectivity index (χ2n) is 5.19. The van der Waals surface area contributed by atoms with Gasteiger partial charge in [0.05, 0.1) is 26.9 Å². The van der Waals surface area contributed by atoms with E-state index >= 15 is 0 Å². The largest absolute Gasteiger partial charge is 0.464 e. The van der Waals surface area contributed by atoms with Gasteiger partial charge in [0.15, 0.2) is 0 Å². The molecule has 1 aromatic carbocycles. The Kier molecular flexibility index (Phi) is 7.83. The smallest absolute Gasteiger partial charge is 0.411 e. The molecule has 1 rings (SSSR count). The fourth-order valence-corrected chi connectivity index (χ4v) is 1.80. The summed E-state index contributed by atoms with van der Waals surface area (Å²) in [5.74, 6) is -0.567. The van der Waals surface area contributed by atoms with Crippen molar-refractivity contribution < 1.29 is 23.8 Å². The summed E-state index contributed by atoms with van der Waals surface area (Å²) in [7, 11) is 2.46. The number of carbonyl (C=O) groups excluding carboxylic acids is 2. The number of methoxy groups -OCH3 is 2. The summed E-state index contributed by atoms with van der Waals surface area (Å²) in [6.45, 7) is 4.31. The highest BCUT2D eigenvalue weighted by Crippen LogP contribution is 2.14. The van der Waals surface area contributed by atoms with Crippen molar-refractivity contribution in [2.24, 2.45) is 5.92 Å². The molecule has 0 radical (unpaired) electrons. The summed E-state index contributed by atoms with van der Waals surface area (Å²) in [6.07, 6.45) is 0.421. The van der Waals surface area contributed by atoms with Gasteiger partial charge >= 0.3 is 12.1 Å². The van der Waals surface area contributed by atoms with Crippen molar-refractivity contribution >= 4 is 12.1 Å². The third-order valence-electron chi connectivity index (χ3n) is 3.10. The van der Waals surface area contributed by atoms with E-state index in [1.54, 1.807) is 0 Å². The molecule has 1 atom stereocenters. The molecule has 0 unspecified atom stereocenters. The van der Waals surface area contributed by atoms with Gasteiger partial charge in [0.1, 0.15) is 5.70 Å². The van der Waals surface area contributed by atoms with E-state index in [1.807, 2.05) is 44.2 Å². The van der Waals surface area contributed by atoms with Gasteiger partial charge in [0, 0.05) is 0 Å². The maximum atomic E-state index is 11.8. The number of carbonyl (C=O) groups is 2. The molecule has 0 saturated carbocycles. The predicted octanol–water partition coefficient (Wildman–Crippen LogP) is 2.64. The van der Waals surface area contributed by atoms with E-state index in [4.69, 9.17) is 4.74 Å². The van der Waals surface area contributed by atoms with Crippen LogP contribution in [0.1, 0.15) is 19.4 Å². The molecule has 6 nitrogen and oxygen atoms in total. The minimum absolute atomic E-state index is 0.00823. The summed E-state index contributed by atoms with van der Waals surface area (Å²) < 4.78 is 15.0. The first-order valence-electron chi connectivity index (χ1n) is 7.28. The third kappa shape index (κ3) is 6.52. The van der Waals surface area contributed by atoms with Crippen LogP contribution in [0.4, 0.5) is 4.79 Å². The predicted molar refractivity (Wildman–Crippen MR) is 85.5 cm³/mol. The molecule has 0 bridgehead atoms. The van der Waals surface area contributed by atoms with E-state index in [0.29, 0.717) is 6.61 Å². The number of esters is 1. The molecular weight excluding hydrogens is 298 g/mol. The lowest BCUT2D eigenvalue weighted by Crippen LogP contribution is -2.30. The Hall–Kier alpha value is -2.34. The zero-order valence-electron chi connectivity index (χ0n) is 13.9. The van der Waals surface area contributed by atoms with Crippen molar-refractivity contribution in [1.82, 2.24) is 5.32 Å². The topological polar surface area (TPSA) is 73.9 Å². The Morgan fingerprint density at radius 1 is 1.13 bits per heavy atom. The minimum atomic E-state index is -0.743. The molecule has 1 aromatic rings. The number of rotatable bonds is 7. The maximum absolute atomic E-state index is 11.8. The maximum Gasteiger partial charge on any atom is 0.411 e. The molecule has 0 spiro atoms. The van der Waals surface area contributed by atoms with Gasteiger partial charge < -0.3 is 14.2 Å². The molecule has 0 aromatic heterocycles. The number of alkyl carbamates (subject to hydrolysis) is 1. The monoisotopic (exact) mass is 321 g/mol. The van der Waals surface area contributed by atoms with Gasteiger partial charge in [-0.25, -0.2) is 9.59 Å². The summed E-state index contributed by atoms with van der Waals surface area (Å²) in [6, 6.07) is 9.69. The molecule has 126 valence electrons. The van der Waals surface area contributed by atoms with Crippen molar-refractivity contribution in [1.29, 1.82) is 0 Å². The van der Waals surface area contributed by atoms with Crippen molar-refractivity contribution in [2.75, 3.05) is 14.2 Å². The number of hydrogen-bond donors (Lipinski definition) is 1. The molecule has 1 amide bonds. The van der Waals surface area contributed by atoms with Gasteiger partial charge in [-0.3, -0.25) is 5.32 Å². The van der Waals surface area contributed by atoms with E-state index in [1.165, 1.54) is 20.3 Å². The van der Waals surface area contributed by atoms with Gasteiger partial charge in [0.2, 0.25) is 0 Å². The van der Waals surface area contributed by atoms with Crippen LogP contribution < -0.4 is 5.32 Å². The number of ether oxygens (including phenoxy) is 3. The summed E-state index contributed by atoms with van der Waals surface area (Å²) in [5, 5.41) is 2.35. The van der Waals surface area contributed by atoms with Crippen LogP contribution in [0.2, 0.25) is 0 Å². The number of amides is 1. The van der Waals surface area contributed by atoms with Crippen LogP contribution in [0.3, 0.4) is 0 Å². The van der Waals surface area contributed by atoms with Crippen LogP contribution in [-0.4, -0.2) is 32.4 Å². The lowest BCUT2D eigenvalue weighted by Gasteiger charge is -2.19. The highest BCUT2D eigenvalue weighted by atomic mass is 16.5. The van der Waals surface area contributed by atoms with E-state index < -0.39 is 12.1 Å². The van der Waals surface area contributed by atoms with E-state index in [0.717, 1.165) is 5.56 Å². The normalized spacial score (nSPS) is 12.7. The first-order chi connectivity index (χ1) is 11.0. The number of nitrogens with one attached hydrogen (secondary N) is 1. The van der Waals surface area contributed by atoms with E-state index in [-0.39, 0.29) is 17.7 Å². The number of hydrogen-bond acceptors (Lipinski definition) is 5. The van der Waals surface area contributed by atoms with Crippen LogP contribution >= 0.6 is 0 Å². The van der Waals surface area contributed by atoms with Crippen molar-refractivity contribution in [3.8, 4) is 0 Å². The molecule has 0 fully saturated rings. The average Bonchev–Trinajstić information content (AvgIpc) is 2.57.